The highest BCUT2D eigenvalue weighted by molar-refractivity contribution is 6.05. The zero-order valence-electron chi connectivity index (χ0n) is 26.6. The van der Waals surface area contributed by atoms with Crippen LogP contribution in [0.2, 0.25) is 0 Å². The standard InChI is InChI=1S/C36H41N7O3/c1-22(2)25-15-37-34(38-16-25)41-36-19-35(20-36,21-36)26-5-3-23(4-6-26)17-42-13-11-24(12-14-42)28-8-7-27-29(39-28)18-43(33(27)46)30-9-10-31(44)40-32(30)45/h3-8,15-16,22,24,30H,9-14,17-21H2,1-2H3,(H,37,38,41)(H,40,44,45). The molecule has 3 aromatic rings. The molecule has 1 unspecified atom stereocenters. The van der Waals surface area contributed by atoms with Gasteiger partial charge in [0.1, 0.15) is 6.04 Å². The number of imide groups is 1. The van der Waals surface area contributed by atoms with Crippen molar-refractivity contribution in [3.63, 3.8) is 0 Å². The molecule has 10 nitrogen and oxygen atoms in total. The number of hydrogen-bond donors (Lipinski definition) is 2. The zero-order chi connectivity index (χ0) is 31.6. The summed E-state index contributed by atoms with van der Waals surface area (Å²) in [7, 11) is 0. The second kappa shape index (κ2) is 11.0. The van der Waals surface area contributed by atoms with Crippen molar-refractivity contribution in [1.29, 1.82) is 0 Å². The van der Waals surface area contributed by atoms with Gasteiger partial charge in [-0.1, -0.05) is 38.1 Å². The Labute approximate surface area is 269 Å². The largest absolute Gasteiger partial charge is 0.349 e. The van der Waals surface area contributed by atoms with Gasteiger partial charge in [-0.2, -0.15) is 0 Å². The molecule has 3 saturated carbocycles. The molecule has 5 fully saturated rings. The van der Waals surface area contributed by atoms with Gasteiger partial charge in [0.15, 0.2) is 0 Å². The summed E-state index contributed by atoms with van der Waals surface area (Å²) in [6.45, 7) is 7.60. The Kier molecular flexibility index (Phi) is 6.97. The molecule has 2 N–H and O–H groups in total. The lowest BCUT2D eigenvalue weighted by Crippen LogP contribution is -2.73. The minimum absolute atomic E-state index is 0.151. The molecule has 238 valence electrons. The highest BCUT2D eigenvalue weighted by Gasteiger charge is 2.68. The second-order valence-electron chi connectivity index (χ2n) is 14.6. The van der Waals surface area contributed by atoms with Crippen molar-refractivity contribution in [1.82, 2.24) is 30.1 Å². The van der Waals surface area contributed by atoms with Gasteiger partial charge in [-0.3, -0.25) is 29.6 Å². The Morgan fingerprint density at radius 1 is 0.957 bits per heavy atom. The van der Waals surface area contributed by atoms with Crippen LogP contribution in [0, 0.1) is 0 Å². The molecule has 2 aromatic heterocycles. The van der Waals surface area contributed by atoms with Crippen LogP contribution in [0.4, 0.5) is 5.95 Å². The second-order valence-corrected chi connectivity index (χ2v) is 14.6. The molecule has 0 radical (unpaired) electrons. The summed E-state index contributed by atoms with van der Waals surface area (Å²) in [6.07, 6.45) is 9.97. The summed E-state index contributed by atoms with van der Waals surface area (Å²) in [4.78, 5) is 55.1. The Morgan fingerprint density at radius 3 is 2.35 bits per heavy atom. The number of anilines is 1. The first-order chi connectivity index (χ1) is 22.2. The normalized spacial score (nSPS) is 27.7. The number of amides is 3. The molecular formula is C36H41N7O3. The van der Waals surface area contributed by atoms with Gasteiger partial charge in [-0.15, -0.1) is 0 Å². The minimum Gasteiger partial charge on any atom is -0.349 e. The summed E-state index contributed by atoms with van der Waals surface area (Å²) in [5.74, 6) is 0.700. The lowest BCUT2D eigenvalue weighted by atomic mass is 9.37. The summed E-state index contributed by atoms with van der Waals surface area (Å²) < 4.78 is 0. The van der Waals surface area contributed by atoms with E-state index >= 15 is 0 Å². The van der Waals surface area contributed by atoms with E-state index in [1.807, 2.05) is 24.5 Å². The Bertz CT molecular complexity index is 1680. The average molecular weight is 620 g/mol. The Balaban J connectivity index is 0.823. The summed E-state index contributed by atoms with van der Waals surface area (Å²) in [5, 5.41) is 5.98. The van der Waals surface area contributed by atoms with E-state index in [2.05, 4.69) is 63.6 Å². The number of carbonyl (C=O) groups is 3. The number of aromatic nitrogens is 3. The van der Waals surface area contributed by atoms with Crippen LogP contribution in [0.15, 0.2) is 48.8 Å². The quantitative estimate of drug-likeness (QED) is 0.356. The fourth-order valence-electron chi connectivity index (χ4n) is 8.45. The van der Waals surface area contributed by atoms with Crippen LogP contribution in [0.25, 0.3) is 0 Å². The first-order valence-electron chi connectivity index (χ1n) is 16.8. The lowest BCUT2D eigenvalue weighted by Gasteiger charge is -2.71. The van der Waals surface area contributed by atoms with Crippen molar-refractivity contribution in [3.8, 4) is 0 Å². The van der Waals surface area contributed by atoms with Crippen LogP contribution in [0.1, 0.15) is 109 Å². The van der Waals surface area contributed by atoms with Crippen molar-refractivity contribution in [2.24, 2.45) is 0 Å². The minimum atomic E-state index is -0.610. The van der Waals surface area contributed by atoms with E-state index in [1.54, 1.807) is 4.90 Å². The topological polar surface area (TPSA) is 120 Å². The third kappa shape index (κ3) is 5.07. The number of likely N-dealkylation sites (tertiary alicyclic amines) is 1. The fraction of sp³-hybridized carbons (Fsp3) is 0.500. The van der Waals surface area contributed by atoms with Gasteiger partial charge in [0.25, 0.3) is 5.91 Å². The van der Waals surface area contributed by atoms with E-state index in [0.717, 1.165) is 69.1 Å². The van der Waals surface area contributed by atoms with Crippen molar-refractivity contribution in [2.45, 2.75) is 101 Å². The van der Waals surface area contributed by atoms with E-state index in [9.17, 15) is 14.4 Å². The number of rotatable bonds is 8. The van der Waals surface area contributed by atoms with Crippen LogP contribution in [0.3, 0.4) is 0 Å². The third-order valence-electron chi connectivity index (χ3n) is 11.1. The van der Waals surface area contributed by atoms with Gasteiger partial charge in [0.2, 0.25) is 17.8 Å². The maximum Gasteiger partial charge on any atom is 0.256 e. The predicted molar refractivity (Wildman–Crippen MR) is 172 cm³/mol. The highest BCUT2D eigenvalue weighted by Crippen LogP contribution is 2.68. The SMILES string of the molecule is CC(C)c1cnc(NC23CC(c4ccc(CN5CCC(c6ccc7c(n6)CN(C6CCC(=O)NC6=O)C7=O)CC5)cc4)(C2)C3)nc1. The molecular weight excluding hydrogens is 578 g/mol. The first kappa shape index (κ1) is 29.2. The maximum absolute atomic E-state index is 13.0. The van der Waals surface area contributed by atoms with Crippen LogP contribution in [-0.4, -0.2) is 67.1 Å². The molecule has 1 atom stereocenters. The molecule has 0 spiro atoms. The lowest BCUT2D eigenvalue weighted by molar-refractivity contribution is -0.136. The molecule has 2 bridgehead atoms. The van der Waals surface area contributed by atoms with Crippen molar-refractivity contribution < 1.29 is 14.4 Å². The molecule has 10 heteroatoms. The number of benzene rings is 1. The number of pyridine rings is 1. The van der Waals surface area contributed by atoms with Gasteiger partial charge in [-0.25, -0.2) is 9.97 Å². The smallest absolute Gasteiger partial charge is 0.256 e. The molecule has 3 amide bonds. The van der Waals surface area contributed by atoms with Crippen LogP contribution in [-0.2, 0) is 28.1 Å². The number of carbonyl (C=O) groups excluding carboxylic acids is 3. The van der Waals surface area contributed by atoms with Crippen molar-refractivity contribution in [3.05, 3.63) is 82.4 Å². The van der Waals surface area contributed by atoms with Gasteiger partial charge >= 0.3 is 0 Å². The zero-order valence-corrected chi connectivity index (χ0v) is 26.6. The molecule has 6 aliphatic rings. The fourth-order valence-corrected chi connectivity index (χ4v) is 8.45. The average Bonchev–Trinajstić information content (AvgIpc) is 3.34. The number of fused-ring (bicyclic) bond motifs is 1. The molecule has 46 heavy (non-hydrogen) atoms. The third-order valence-corrected chi connectivity index (χ3v) is 11.1. The van der Waals surface area contributed by atoms with E-state index in [0.29, 0.717) is 35.8 Å². The van der Waals surface area contributed by atoms with Gasteiger partial charge in [0, 0.05) is 47.9 Å². The maximum atomic E-state index is 13.0. The van der Waals surface area contributed by atoms with Crippen molar-refractivity contribution in [2.75, 3.05) is 18.4 Å². The molecule has 5 heterocycles. The van der Waals surface area contributed by atoms with E-state index in [-0.39, 0.29) is 29.7 Å². The molecule has 1 aromatic carbocycles. The summed E-state index contributed by atoms with van der Waals surface area (Å²) in [6, 6.07) is 12.6. The first-order valence-corrected chi connectivity index (χ1v) is 16.8. The number of nitrogens with one attached hydrogen (secondary N) is 2. The van der Waals surface area contributed by atoms with E-state index < -0.39 is 6.04 Å². The van der Waals surface area contributed by atoms with Gasteiger partial charge in [0.05, 0.1) is 17.8 Å². The van der Waals surface area contributed by atoms with E-state index in [4.69, 9.17) is 4.98 Å². The van der Waals surface area contributed by atoms with Crippen molar-refractivity contribution >= 4 is 23.7 Å². The summed E-state index contributed by atoms with van der Waals surface area (Å²) in [5.41, 5.74) is 6.77. The molecule has 3 aliphatic carbocycles. The predicted octanol–water partition coefficient (Wildman–Crippen LogP) is 4.42. The molecule has 3 aliphatic heterocycles. The van der Waals surface area contributed by atoms with Crippen LogP contribution < -0.4 is 10.6 Å². The van der Waals surface area contributed by atoms with Gasteiger partial charge < -0.3 is 10.2 Å². The van der Waals surface area contributed by atoms with E-state index in [1.165, 1.54) is 16.7 Å². The molecule has 9 rings (SSSR count). The Morgan fingerprint density at radius 2 is 1.67 bits per heavy atom. The number of piperidine rings is 2. The van der Waals surface area contributed by atoms with Gasteiger partial charge in [-0.05, 0) is 86.4 Å². The molecule has 2 saturated heterocycles. The Hall–Kier alpha value is -4.18. The highest BCUT2D eigenvalue weighted by atomic mass is 16.2. The summed E-state index contributed by atoms with van der Waals surface area (Å²) >= 11 is 0. The number of hydrogen-bond acceptors (Lipinski definition) is 8. The van der Waals surface area contributed by atoms with Crippen LogP contribution in [0.5, 0.6) is 0 Å². The monoisotopic (exact) mass is 619 g/mol. The van der Waals surface area contributed by atoms with Crippen LogP contribution >= 0.6 is 0 Å². The number of nitrogens with zero attached hydrogens (tertiary/aromatic N) is 5.